The first kappa shape index (κ1) is 26.0. The average molecular weight is 512 g/mol. The van der Waals surface area contributed by atoms with Crippen molar-refractivity contribution in [3.05, 3.63) is 70.3 Å². The Labute approximate surface area is 190 Å². The Morgan fingerprint density at radius 2 is 0.914 bits per heavy atom. The van der Waals surface area contributed by atoms with Crippen LogP contribution in [-0.2, 0) is 0 Å². The second-order valence-electron chi connectivity index (χ2n) is 6.85. The predicted octanol–water partition coefficient (Wildman–Crippen LogP) is 3.62. The van der Waals surface area contributed by atoms with E-state index in [-0.39, 0.29) is 6.07 Å². The van der Waals surface area contributed by atoms with Gasteiger partial charge in [-0.15, -0.1) is 0 Å². The van der Waals surface area contributed by atoms with Crippen molar-refractivity contribution < 1.29 is 58.1 Å². The molecule has 35 heavy (non-hydrogen) atoms. The van der Waals surface area contributed by atoms with Crippen LogP contribution in [0.3, 0.4) is 0 Å². The van der Waals surface area contributed by atoms with Gasteiger partial charge in [-0.3, -0.25) is 0 Å². The van der Waals surface area contributed by atoms with E-state index in [0.717, 1.165) is 7.11 Å². The predicted molar refractivity (Wildman–Crippen MR) is 103 cm³/mol. The molecule has 0 atom stereocenters. The summed E-state index contributed by atoms with van der Waals surface area (Å²) in [5.74, 6) is -25.4. The van der Waals surface area contributed by atoms with Crippen LogP contribution in [0.15, 0.2) is 12.1 Å². The zero-order valence-corrected chi connectivity index (χ0v) is 17.7. The summed E-state index contributed by atoms with van der Waals surface area (Å²) in [5, 5.41) is 0. The van der Waals surface area contributed by atoms with Gasteiger partial charge in [0.2, 0.25) is 11.6 Å². The summed E-state index contributed by atoms with van der Waals surface area (Å²) >= 11 is 0. The lowest BCUT2D eigenvalue weighted by atomic mass is 9.36. The molecule has 0 aromatic heterocycles. The van der Waals surface area contributed by atoms with Gasteiger partial charge in [-0.1, -0.05) is 0 Å². The minimum absolute atomic E-state index is 0.0843. The van der Waals surface area contributed by atoms with Crippen molar-refractivity contribution in [2.45, 2.75) is 0 Å². The summed E-state index contributed by atoms with van der Waals surface area (Å²) in [5.41, 5.74) is -4.75. The van der Waals surface area contributed by atoms with Crippen molar-refractivity contribution in [1.82, 2.24) is 0 Å². The molecule has 0 aliphatic heterocycles. The first-order valence-corrected chi connectivity index (χ1v) is 9.25. The van der Waals surface area contributed by atoms with E-state index in [1.165, 1.54) is 0 Å². The number of methoxy groups -OCH3 is 3. The molecule has 0 spiro atoms. The number of hydrogen-bond donors (Lipinski definition) is 0. The molecule has 0 bridgehead atoms. The third-order valence-corrected chi connectivity index (χ3v) is 5.08. The molecule has 186 valence electrons. The van der Waals surface area contributed by atoms with E-state index in [9.17, 15) is 35.1 Å². The number of ether oxygens (including phenoxy) is 3. The molecule has 14 heteroatoms. The maximum Gasteiger partial charge on any atom is 0.261 e. The fourth-order valence-corrected chi connectivity index (χ4v) is 3.50. The molecular formula is C21H11BF10O3. The fourth-order valence-electron chi connectivity index (χ4n) is 3.50. The van der Waals surface area contributed by atoms with Crippen LogP contribution in [0.4, 0.5) is 43.9 Å². The second kappa shape index (κ2) is 9.58. The van der Waals surface area contributed by atoms with Crippen LogP contribution >= 0.6 is 0 Å². The number of hydrogen-bond acceptors (Lipinski definition) is 3. The summed E-state index contributed by atoms with van der Waals surface area (Å²) in [4.78, 5) is 0. The second-order valence-corrected chi connectivity index (χ2v) is 6.85. The van der Waals surface area contributed by atoms with Gasteiger partial charge >= 0.3 is 0 Å². The fraction of sp³-hybridized carbons (Fsp3) is 0.143. The van der Waals surface area contributed by atoms with Crippen LogP contribution < -0.4 is 30.6 Å². The van der Waals surface area contributed by atoms with Gasteiger partial charge in [0.25, 0.3) is 6.71 Å². The van der Waals surface area contributed by atoms with E-state index in [0.29, 0.717) is 20.3 Å². The molecule has 0 heterocycles. The van der Waals surface area contributed by atoms with Gasteiger partial charge in [0, 0.05) is 17.0 Å². The Kier molecular flexibility index (Phi) is 7.13. The molecule has 0 radical (unpaired) electrons. The smallest absolute Gasteiger partial charge is 0.261 e. The van der Waals surface area contributed by atoms with Gasteiger partial charge in [-0.2, -0.15) is 8.78 Å². The molecule has 0 saturated heterocycles. The standard InChI is InChI=1S/C21H11BF10O3/c1-33-9-4-6(7(23)5-8(9)24)22(10-12(25)16(29)18(31)20(34-2)14(10)27)11-13(26)17(30)19(32)21(35-3)15(11)28/h4-5H,1-3H3. The topological polar surface area (TPSA) is 27.7 Å². The number of benzene rings is 3. The molecular weight excluding hydrogens is 501 g/mol. The SMILES string of the molecule is COc1cc(B(c2c(F)c(F)c(F)c(OC)c2F)c2c(F)c(F)c(F)c(OC)c2F)c(F)cc1F. The molecule has 0 fully saturated rings. The minimum atomic E-state index is -2.85. The monoisotopic (exact) mass is 512 g/mol. The highest BCUT2D eigenvalue weighted by molar-refractivity contribution is 6.95. The third kappa shape index (κ3) is 4.00. The van der Waals surface area contributed by atoms with Gasteiger partial charge < -0.3 is 14.2 Å². The zero-order chi connectivity index (χ0) is 26.4. The van der Waals surface area contributed by atoms with E-state index >= 15 is 8.78 Å². The molecule has 3 aromatic carbocycles. The first-order chi connectivity index (χ1) is 16.4. The number of halogens is 10. The van der Waals surface area contributed by atoms with E-state index in [4.69, 9.17) is 0 Å². The Morgan fingerprint density at radius 3 is 1.29 bits per heavy atom. The maximum absolute atomic E-state index is 15.2. The van der Waals surface area contributed by atoms with E-state index in [2.05, 4.69) is 14.2 Å². The lowest BCUT2D eigenvalue weighted by molar-refractivity contribution is 0.337. The normalized spacial score (nSPS) is 11.0. The van der Waals surface area contributed by atoms with Crippen molar-refractivity contribution in [2.24, 2.45) is 0 Å². The van der Waals surface area contributed by atoms with Crippen LogP contribution in [0.1, 0.15) is 0 Å². The Morgan fingerprint density at radius 1 is 0.486 bits per heavy atom. The Balaban J connectivity index is 2.61. The maximum atomic E-state index is 15.2. The average Bonchev–Trinajstić information content (AvgIpc) is 2.81. The van der Waals surface area contributed by atoms with Crippen molar-refractivity contribution in [3.63, 3.8) is 0 Å². The summed E-state index contributed by atoms with van der Waals surface area (Å²) in [6.45, 7) is -2.85. The highest BCUT2D eigenvalue weighted by atomic mass is 19.2. The van der Waals surface area contributed by atoms with Crippen LogP contribution in [0, 0.1) is 58.2 Å². The molecule has 0 unspecified atom stereocenters. The van der Waals surface area contributed by atoms with Crippen LogP contribution in [0.5, 0.6) is 17.2 Å². The molecule has 0 aliphatic rings. The summed E-state index contributed by atoms with van der Waals surface area (Å²) in [6.07, 6.45) is 0. The molecule has 3 nitrogen and oxygen atoms in total. The van der Waals surface area contributed by atoms with Gasteiger partial charge in [0.15, 0.2) is 58.0 Å². The third-order valence-electron chi connectivity index (χ3n) is 5.08. The molecule has 0 aliphatic carbocycles. The minimum Gasteiger partial charge on any atom is -0.494 e. The van der Waals surface area contributed by atoms with Crippen molar-refractivity contribution in [3.8, 4) is 17.2 Å². The van der Waals surface area contributed by atoms with Gasteiger partial charge in [0.05, 0.1) is 21.3 Å². The highest BCUT2D eigenvalue weighted by Crippen LogP contribution is 2.29. The van der Waals surface area contributed by atoms with Crippen molar-refractivity contribution in [2.75, 3.05) is 21.3 Å². The summed E-state index contributed by atoms with van der Waals surface area (Å²) in [6, 6.07) is 0.468. The Hall–Kier alpha value is -3.58. The molecule has 0 N–H and O–H groups in total. The van der Waals surface area contributed by atoms with E-state index in [1.54, 1.807) is 0 Å². The zero-order valence-electron chi connectivity index (χ0n) is 17.7. The van der Waals surface area contributed by atoms with Crippen LogP contribution in [0.25, 0.3) is 0 Å². The Bertz CT molecular complexity index is 1260. The van der Waals surface area contributed by atoms with Crippen LogP contribution in [-0.4, -0.2) is 28.0 Å². The van der Waals surface area contributed by atoms with E-state index < -0.39 is 98.5 Å². The van der Waals surface area contributed by atoms with Gasteiger partial charge in [-0.05, 0) is 11.5 Å². The van der Waals surface area contributed by atoms with Crippen molar-refractivity contribution in [1.29, 1.82) is 0 Å². The lowest BCUT2D eigenvalue weighted by Crippen LogP contribution is -2.58. The first-order valence-electron chi connectivity index (χ1n) is 9.25. The summed E-state index contributed by atoms with van der Waals surface area (Å²) < 4.78 is 159. The van der Waals surface area contributed by atoms with E-state index in [1.807, 2.05) is 0 Å². The molecule has 3 aromatic rings. The molecule has 0 saturated carbocycles. The largest absolute Gasteiger partial charge is 0.494 e. The van der Waals surface area contributed by atoms with Crippen molar-refractivity contribution >= 4 is 23.1 Å². The van der Waals surface area contributed by atoms with Crippen LogP contribution in [0.2, 0.25) is 0 Å². The number of rotatable bonds is 6. The lowest BCUT2D eigenvalue weighted by Gasteiger charge is -2.22. The molecule has 0 amide bonds. The van der Waals surface area contributed by atoms with Gasteiger partial charge in [0.1, 0.15) is 5.82 Å². The quantitative estimate of drug-likeness (QED) is 0.219. The highest BCUT2D eigenvalue weighted by Gasteiger charge is 2.42. The summed E-state index contributed by atoms with van der Waals surface area (Å²) in [7, 11) is 2.13. The van der Waals surface area contributed by atoms with Gasteiger partial charge in [-0.25, -0.2) is 35.1 Å². The molecule has 3 rings (SSSR count).